The normalized spacial score (nSPS) is 16.4. The number of aliphatic carboxylic acids is 1. The second kappa shape index (κ2) is 4.25. The third-order valence-corrected chi connectivity index (χ3v) is 4.67. The van der Waals surface area contributed by atoms with E-state index in [-0.39, 0.29) is 0 Å². The van der Waals surface area contributed by atoms with Gasteiger partial charge in [-0.3, -0.25) is 4.79 Å². The van der Waals surface area contributed by atoms with Gasteiger partial charge in [0.05, 0.1) is 5.41 Å². The number of rotatable bonds is 4. The van der Waals surface area contributed by atoms with E-state index in [1.165, 1.54) is 15.3 Å². The Balaban J connectivity index is 1.81. The van der Waals surface area contributed by atoms with Gasteiger partial charge in [0.15, 0.2) is 0 Å². The predicted molar refractivity (Wildman–Crippen MR) is 72.8 cm³/mol. The Hall–Kier alpha value is -1.61. The van der Waals surface area contributed by atoms with Gasteiger partial charge >= 0.3 is 5.97 Å². The minimum atomic E-state index is -0.642. The van der Waals surface area contributed by atoms with Crippen molar-refractivity contribution in [2.75, 3.05) is 0 Å². The molecular weight excluding hydrogens is 244 g/mol. The van der Waals surface area contributed by atoms with E-state index < -0.39 is 11.4 Å². The van der Waals surface area contributed by atoms with E-state index in [1.54, 1.807) is 11.3 Å². The second-order valence-electron chi connectivity index (χ2n) is 4.89. The molecule has 2 aromatic rings. The molecule has 0 bridgehead atoms. The molecule has 0 radical (unpaired) electrons. The van der Waals surface area contributed by atoms with Crippen molar-refractivity contribution in [3.8, 4) is 10.4 Å². The van der Waals surface area contributed by atoms with Crippen LogP contribution in [0.5, 0.6) is 0 Å². The molecule has 92 valence electrons. The standard InChI is InChI=1S/C15H14O2S/c16-14(17)15(8-9-15)10-12-6-7-13(18-12)11-4-2-1-3-5-11/h1-7H,8-10H2,(H,16,17). The lowest BCUT2D eigenvalue weighted by Gasteiger charge is -2.06. The average molecular weight is 258 g/mol. The molecule has 1 aromatic heterocycles. The first-order valence-electron chi connectivity index (χ1n) is 6.07. The Labute approximate surface area is 110 Å². The molecule has 1 aliphatic rings. The van der Waals surface area contributed by atoms with Gasteiger partial charge in [-0.15, -0.1) is 11.3 Å². The molecule has 0 unspecified atom stereocenters. The number of carboxylic acids is 1. The van der Waals surface area contributed by atoms with E-state index in [9.17, 15) is 9.90 Å². The van der Waals surface area contributed by atoms with Crippen molar-refractivity contribution in [1.82, 2.24) is 0 Å². The van der Waals surface area contributed by atoms with Gasteiger partial charge in [-0.25, -0.2) is 0 Å². The molecule has 1 N–H and O–H groups in total. The molecule has 1 fully saturated rings. The molecule has 1 aliphatic carbocycles. The second-order valence-corrected chi connectivity index (χ2v) is 6.06. The summed E-state index contributed by atoms with van der Waals surface area (Å²) >= 11 is 1.71. The molecule has 0 amide bonds. The number of hydrogen-bond donors (Lipinski definition) is 1. The van der Waals surface area contributed by atoms with Gasteiger partial charge < -0.3 is 5.11 Å². The maximum Gasteiger partial charge on any atom is 0.309 e. The number of hydrogen-bond acceptors (Lipinski definition) is 2. The van der Waals surface area contributed by atoms with Crippen molar-refractivity contribution < 1.29 is 9.90 Å². The lowest BCUT2D eigenvalue weighted by molar-refractivity contribution is -0.143. The van der Waals surface area contributed by atoms with Gasteiger partial charge in [0.25, 0.3) is 0 Å². The summed E-state index contributed by atoms with van der Waals surface area (Å²) in [6.45, 7) is 0. The minimum absolute atomic E-state index is 0.460. The van der Waals surface area contributed by atoms with Crippen LogP contribution in [0.4, 0.5) is 0 Å². The van der Waals surface area contributed by atoms with E-state index in [4.69, 9.17) is 0 Å². The first-order valence-corrected chi connectivity index (χ1v) is 6.89. The van der Waals surface area contributed by atoms with Crippen LogP contribution in [0.15, 0.2) is 42.5 Å². The fourth-order valence-electron chi connectivity index (χ4n) is 2.18. The predicted octanol–water partition coefficient (Wildman–Crippen LogP) is 3.82. The number of thiophene rings is 1. The first-order chi connectivity index (χ1) is 8.70. The Morgan fingerprint density at radius 3 is 2.50 bits per heavy atom. The van der Waals surface area contributed by atoms with Crippen molar-refractivity contribution in [2.24, 2.45) is 5.41 Å². The molecule has 0 aliphatic heterocycles. The molecule has 1 aromatic carbocycles. The highest BCUT2D eigenvalue weighted by Gasteiger charge is 2.50. The van der Waals surface area contributed by atoms with E-state index in [1.807, 2.05) is 18.2 Å². The van der Waals surface area contributed by atoms with E-state index in [2.05, 4.69) is 24.3 Å². The molecule has 2 nitrogen and oxygen atoms in total. The summed E-state index contributed by atoms with van der Waals surface area (Å²) < 4.78 is 0. The van der Waals surface area contributed by atoms with Gasteiger partial charge in [-0.1, -0.05) is 30.3 Å². The van der Waals surface area contributed by atoms with Crippen molar-refractivity contribution in [3.63, 3.8) is 0 Å². The zero-order valence-corrected chi connectivity index (χ0v) is 10.7. The van der Waals surface area contributed by atoms with Crippen LogP contribution in [-0.4, -0.2) is 11.1 Å². The summed E-state index contributed by atoms with van der Waals surface area (Å²) in [6.07, 6.45) is 2.32. The number of carbonyl (C=O) groups is 1. The van der Waals surface area contributed by atoms with Crippen LogP contribution in [-0.2, 0) is 11.2 Å². The van der Waals surface area contributed by atoms with Crippen LogP contribution in [0.3, 0.4) is 0 Å². The Kier molecular flexibility index (Phi) is 2.71. The van der Waals surface area contributed by atoms with Gasteiger partial charge in [-0.05, 0) is 37.0 Å². The largest absolute Gasteiger partial charge is 0.481 e. The Bertz CT molecular complexity index is 567. The topological polar surface area (TPSA) is 37.3 Å². The van der Waals surface area contributed by atoms with E-state index in [0.717, 1.165) is 12.8 Å². The van der Waals surface area contributed by atoms with Crippen molar-refractivity contribution in [1.29, 1.82) is 0 Å². The van der Waals surface area contributed by atoms with Crippen molar-refractivity contribution >= 4 is 17.3 Å². The third-order valence-electron chi connectivity index (χ3n) is 3.54. The van der Waals surface area contributed by atoms with Gasteiger partial charge in [-0.2, -0.15) is 0 Å². The summed E-state index contributed by atoms with van der Waals surface area (Å²) in [6, 6.07) is 14.4. The van der Waals surface area contributed by atoms with Gasteiger partial charge in [0.2, 0.25) is 0 Å². The minimum Gasteiger partial charge on any atom is -0.481 e. The monoisotopic (exact) mass is 258 g/mol. The number of carboxylic acid groups (broad SMARTS) is 1. The highest BCUT2D eigenvalue weighted by Crippen LogP contribution is 2.49. The molecule has 1 saturated carbocycles. The van der Waals surface area contributed by atoms with Crippen molar-refractivity contribution in [3.05, 3.63) is 47.3 Å². The van der Waals surface area contributed by atoms with Crippen molar-refractivity contribution in [2.45, 2.75) is 19.3 Å². The highest BCUT2D eigenvalue weighted by atomic mass is 32.1. The average Bonchev–Trinajstić information content (AvgIpc) is 3.01. The zero-order chi connectivity index (χ0) is 12.6. The maximum atomic E-state index is 11.2. The molecule has 0 saturated heterocycles. The maximum absolute atomic E-state index is 11.2. The van der Waals surface area contributed by atoms with Crippen LogP contribution < -0.4 is 0 Å². The zero-order valence-electron chi connectivity index (χ0n) is 9.93. The number of benzene rings is 1. The summed E-state index contributed by atoms with van der Waals surface area (Å²) in [5.41, 5.74) is 0.743. The Morgan fingerprint density at radius 1 is 1.17 bits per heavy atom. The van der Waals surface area contributed by atoms with Crippen LogP contribution in [0.1, 0.15) is 17.7 Å². The van der Waals surface area contributed by atoms with Crippen LogP contribution in [0, 0.1) is 5.41 Å². The fourth-order valence-corrected chi connectivity index (χ4v) is 3.34. The Morgan fingerprint density at radius 2 is 1.89 bits per heavy atom. The van der Waals surface area contributed by atoms with Gasteiger partial charge in [0.1, 0.15) is 0 Å². The summed E-state index contributed by atoms with van der Waals surface area (Å²) in [4.78, 5) is 13.6. The highest BCUT2D eigenvalue weighted by molar-refractivity contribution is 7.15. The molecule has 0 atom stereocenters. The van der Waals surface area contributed by atoms with Gasteiger partial charge in [0, 0.05) is 9.75 Å². The SMILES string of the molecule is O=C(O)C1(Cc2ccc(-c3ccccc3)s2)CC1. The smallest absolute Gasteiger partial charge is 0.309 e. The van der Waals surface area contributed by atoms with Crippen LogP contribution in [0.2, 0.25) is 0 Å². The lowest BCUT2D eigenvalue weighted by Crippen LogP contribution is -2.16. The molecule has 0 spiro atoms. The quantitative estimate of drug-likeness (QED) is 0.905. The lowest BCUT2D eigenvalue weighted by atomic mass is 10.0. The van der Waals surface area contributed by atoms with Crippen LogP contribution in [0.25, 0.3) is 10.4 Å². The third kappa shape index (κ3) is 2.06. The van der Waals surface area contributed by atoms with E-state index in [0.29, 0.717) is 6.42 Å². The summed E-state index contributed by atoms with van der Waals surface area (Å²) in [5.74, 6) is -0.642. The summed E-state index contributed by atoms with van der Waals surface area (Å²) in [7, 11) is 0. The van der Waals surface area contributed by atoms with Crippen LogP contribution >= 0.6 is 11.3 Å². The molecule has 18 heavy (non-hydrogen) atoms. The molecule has 1 heterocycles. The van der Waals surface area contributed by atoms with E-state index >= 15 is 0 Å². The fraction of sp³-hybridized carbons (Fsp3) is 0.267. The molecule has 3 rings (SSSR count). The molecule has 3 heteroatoms. The summed E-state index contributed by atoms with van der Waals surface area (Å²) in [5, 5.41) is 9.19. The molecular formula is C15H14O2S. The first kappa shape index (κ1) is 11.5.